The van der Waals surface area contributed by atoms with Crippen LogP contribution in [0.3, 0.4) is 0 Å². The van der Waals surface area contributed by atoms with E-state index < -0.39 is 0 Å². The van der Waals surface area contributed by atoms with Gasteiger partial charge in [-0.2, -0.15) is 0 Å². The molecule has 5 heteroatoms. The minimum atomic E-state index is 0.0458. The van der Waals surface area contributed by atoms with Crippen molar-refractivity contribution in [1.29, 1.82) is 0 Å². The van der Waals surface area contributed by atoms with Crippen molar-refractivity contribution in [3.63, 3.8) is 0 Å². The highest BCUT2D eigenvalue weighted by Gasteiger charge is 2.06. The summed E-state index contributed by atoms with van der Waals surface area (Å²) in [5.74, 6) is 0.413. The van der Waals surface area contributed by atoms with Crippen molar-refractivity contribution < 1.29 is 4.42 Å². The third-order valence-electron chi connectivity index (χ3n) is 1.54. The van der Waals surface area contributed by atoms with Crippen molar-refractivity contribution >= 4 is 11.6 Å². The molecular formula is C8H6ClN3O. The topological polar surface area (TPSA) is 51.8 Å². The molecule has 66 valence electrons. The number of aromatic nitrogens is 3. The number of pyridine rings is 1. The predicted molar refractivity (Wildman–Crippen MR) is 47.3 cm³/mol. The van der Waals surface area contributed by atoms with Crippen LogP contribution in [0.15, 0.2) is 22.7 Å². The lowest BCUT2D eigenvalue weighted by Crippen LogP contribution is -1.82. The van der Waals surface area contributed by atoms with E-state index in [9.17, 15) is 0 Å². The maximum atomic E-state index is 5.49. The molecular weight excluding hydrogens is 190 g/mol. The number of nitrogens with zero attached hydrogens (tertiary/aromatic N) is 3. The van der Waals surface area contributed by atoms with E-state index in [1.165, 1.54) is 0 Å². The van der Waals surface area contributed by atoms with E-state index in [0.29, 0.717) is 5.89 Å². The summed E-state index contributed by atoms with van der Waals surface area (Å²) in [4.78, 5) is 4.05. The van der Waals surface area contributed by atoms with E-state index in [-0.39, 0.29) is 5.35 Å². The van der Waals surface area contributed by atoms with Crippen LogP contribution in [-0.4, -0.2) is 15.2 Å². The Morgan fingerprint density at radius 2 is 2.23 bits per heavy atom. The van der Waals surface area contributed by atoms with Gasteiger partial charge in [0.15, 0.2) is 0 Å². The van der Waals surface area contributed by atoms with Crippen LogP contribution < -0.4 is 0 Å². The van der Waals surface area contributed by atoms with Gasteiger partial charge in [0.1, 0.15) is 0 Å². The molecule has 2 aromatic rings. The van der Waals surface area contributed by atoms with Crippen LogP contribution in [-0.2, 0) is 0 Å². The highest BCUT2D eigenvalue weighted by molar-refractivity contribution is 6.27. The zero-order chi connectivity index (χ0) is 9.26. The third-order valence-corrected chi connectivity index (χ3v) is 1.70. The lowest BCUT2D eigenvalue weighted by atomic mass is 10.2. The van der Waals surface area contributed by atoms with Crippen molar-refractivity contribution in [2.45, 2.75) is 6.92 Å². The summed E-state index contributed by atoms with van der Waals surface area (Å²) >= 11 is 5.49. The molecule has 0 radical (unpaired) electrons. The van der Waals surface area contributed by atoms with Gasteiger partial charge in [-0.05, 0) is 30.7 Å². The van der Waals surface area contributed by atoms with E-state index in [2.05, 4.69) is 15.2 Å². The lowest BCUT2D eigenvalue weighted by Gasteiger charge is -1.94. The molecule has 0 atom stereocenters. The van der Waals surface area contributed by atoms with E-state index in [4.69, 9.17) is 16.0 Å². The second-order valence-corrected chi connectivity index (χ2v) is 2.87. The van der Waals surface area contributed by atoms with Crippen molar-refractivity contribution in [3.8, 4) is 11.5 Å². The largest absolute Gasteiger partial charge is 0.407 e. The molecule has 0 amide bonds. The maximum Gasteiger partial charge on any atom is 0.313 e. The molecule has 4 nitrogen and oxygen atoms in total. The molecule has 2 rings (SSSR count). The molecule has 0 saturated heterocycles. The molecule has 0 aliphatic heterocycles. The van der Waals surface area contributed by atoms with Gasteiger partial charge >= 0.3 is 5.35 Å². The zero-order valence-corrected chi connectivity index (χ0v) is 7.62. The van der Waals surface area contributed by atoms with Crippen LogP contribution in [0.4, 0.5) is 0 Å². The monoisotopic (exact) mass is 195 g/mol. The average molecular weight is 196 g/mol. The summed E-state index contributed by atoms with van der Waals surface area (Å²) in [7, 11) is 0. The standard InChI is InChI=1S/C8H6ClN3O/c1-5-4-6(2-3-10-5)7-11-12-8(9)13-7/h2-4H,1H3. The normalized spacial score (nSPS) is 10.3. The summed E-state index contributed by atoms with van der Waals surface area (Å²) in [5.41, 5.74) is 1.72. The Labute approximate surface area is 79.6 Å². The number of aryl methyl sites for hydroxylation is 1. The van der Waals surface area contributed by atoms with Crippen LogP contribution >= 0.6 is 11.6 Å². The Hall–Kier alpha value is -1.42. The summed E-state index contributed by atoms with van der Waals surface area (Å²) in [5, 5.41) is 7.35. The summed E-state index contributed by atoms with van der Waals surface area (Å²) < 4.78 is 5.04. The first-order chi connectivity index (χ1) is 6.25. The van der Waals surface area contributed by atoms with Crippen LogP contribution in [0.1, 0.15) is 5.69 Å². The average Bonchev–Trinajstić information content (AvgIpc) is 2.52. The first kappa shape index (κ1) is 8.19. The summed E-state index contributed by atoms with van der Waals surface area (Å²) in [6.45, 7) is 1.89. The van der Waals surface area contributed by atoms with E-state index >= 15 is 0 Å². The molecule has 0 fully saturated rings. The Kier molecular flexibility index (Phi) is 1.98. The minimum Gasteiger partial charge on any atom is -0.407 e. The van der Waals surface area contributed by atoms with Gasteiger partial charge in [-0.1, -0.05) is 5.10 Å². The van der Waals surface area contributed by atoms with Gasteiger partial charge in [0.05, 0.1) is 0 Å². The van der Waals surface area contributed by atoms with Gasteiger partial charge in [0, 0.05) is 17.5 Å². The Bertz CT molecular complexity index is 427. The number of hydrogen-bond donors (Lipinski definition) is 0. The summed E-state index contributed by atoms with van der Waals surface area (Å²) in [6, 6.07) is 3.64. The van der Waals surface area contributed by atoms with Crippen molar-refractivity contribution in [2.24, 2.45) is 0 Å². The number of halogens is 1. The predicted octanol–water partition coefficient (Wildman–Crippen LogP) is 2.09. The molecule has 0 unspecified atom stereocenters. The minimum absolute atomic E-state index is 0.0458. The van der Waals surface area contributed by atoms with Gasteiger partial charge in [-0.15, -0.1) is 5.10 Å². The zero-order valence-electron chi connectivity index (χ0n) is 6.86. The molecule has 0 bridgehead atoms. The molecule has 2 heterocycles. The fourth-order valence-corrected chi connectivity index (χ4v) is 1.11. The maximum absolute atomic E-state index is 5.49. The highest BCUT2D eigenvalue weighted by atomic mass is 35.5. The highest BCUT2D eigenvalue weighted by Crippen LogP contribution is 2.19. The van der Waals surface area contributed by atoms with E-state index in [0.717, 1.165) is 11.3 Å². The molecule has 0 aliphatic carbocycles. The fraction of sp³-hybridized carbons (Fsp3) is 0.125. The van der Waals surface area contributed by atoms with E-state index in [1.54, 1.807) is 12.3 Å². The second-order valence-electron chi connectivity index (χ2n) is 2.55. The van der Waals surface area contributed by atoms with Crippen LogP contribution in [0.5, 0.6) is 0 Å². The fourth-order valence-electron chi connectivity index (χ4n) is 1.00. The first-order valence-corrected chi connectivity index (χ1v) is 4.05. The molecule has 13 heavy (non-hydrogen) atoms. The third kappa shape index (κ3) is 1.67. The number of rotatable bonds is 1. The van der Waals surface area contributed by atoms with E-state index in [1.807, 2.05) is 13.0 Å². The number of hydrogen-bond acceptors (Lipinski definition) is 4. The second kappa shape index (κ2) is 3.14. The van der Waals surface area contributed by atoms with Gasteiger partial charge < -0.3 is 4.42 Å². The molecule has 0 aliphatic rings. The quantitative estimate of drug-likeness (QED) is 0.699. The van der Waals surface area contributed by atoms with Crippen molar-refractivity contribution in [3.05, 3.63) is 29.4 Å². The molecule has 0 N–H and O–H groups in total. The Morgan fingerprint density at radius 1 is 1.38 bits per heavy atom. The molecule has 0 spiro atoms. The molecule has 0 saturated carbocycles. The summed E-state index contributed by atoms with van der Waals surface area (Å²) in [6.07, 6.45) is 1.68. The SMILES string of the molecule is Cc1cc(-c2nnc(Cl)o2)ccn1. The first-order valence-electron chi connectivity index (χ1n) is 3.68. The van der Waals surface area contributed by atoms with Crippen LogP contribution in [0.25, 0.3) is 11.5 Å². The van der Waals surface area contributed by atoms with Crippen molar-refractivity contribution in [2.75, 3.05) is 0 Å². The lowest BCUT2D eigenvalue weighted by molar-refractivity contribution is 0.570. The molecule has 2 aromatic heterocycles. The van der Waals surface area contributed by atoms with Gasteiger partial charge in [-0.25, -0.2) is 0 Å². The smallest absolute Gasteiger partial charge is 0.313 e. The Balaban J connectivity index is 2.46. The Morgan fingerprint density at radius 3 is 2.85 bits per heavy atom. The van der Waals surface area contributed by atoms with Gasteiger partial charge in [0.2, 0.25) is 5.89 Å². The van der Waals surface area contributed by atoms with Gasteiger partial charge in [-0.3, -0.25) is 4.98 Å². The van der Waals surface area contributed by atoms with Crippen LogP contribution in [0, 0.1) is 6.92 Å². The van der Waals surface area contributed by atoms with Crippen molar-refractivity contribution in [1.82, 2.24) is 15.2 Å². The molecule has 0 aromatic carbocycles. The van der Waals surface area contributed by atoms with Gasteiger partial charge in [0.25, 0.3) is 0 Å². The van der Waals surface area contributed by atoms with Crippen LogP contribution in [0.2, 0.25) is 5.35 Å².